The maximum absolute atomic E-state index is 10.1. The molecule has 0 aromatic heterocycles. The molecule has 0 amide bonds. The van der Waals surface area contributed by atoms with Crippen LogP contribution in [0.5, 0.6) is 23.0 Å². The Morgan fingerprint density at radius 2 is 1.59 bits per heavy atom. The van der Waals surface area contributed by atoms with Crippen LogP contribution in [0.4, 0.5) is 0 Å². The highest BCUT2D eigenvalue weighted by Crippen LogP contribution is 2.32. The maximum atomic E-state index is 10.1. The summed E-state index contributed by atoms with van der Waals surface area (Å²) in [6, 6.07) is 19.3. The molecule has 0 aliphatic carbocycles. The molecule has 3 rings (SSSR count). The molecule has 0 bridgehead atoms. The highest BCUT2D eigenvalue weighted by Gasteiger charge is 2.10. The van der Waals surface area contributed by atoms with Crippen molar-refractivity contribution in [1.29, 1.82) is 0 Å². The largest absolute Gasteiger partial charge is 0.508 e. The quantitative estimate of drug-likeness (QED) is 0.304. The summed E-state index contributed by atoms with van der Waals surface area (Å²) in [6.45, 7) is 4.61. The van der Waals surface area contributed by atoms with Crippen LogP contribution in [0.2, 0.25) is 0 Å². The van der Waals surface area contributed by atoms with Gasteiger partial charge in [0.15, 0.2) is 11.5 Å². The predicted octanol–water partition coefficient (Wildman–Crippen LogP) is 6.67. The molecule has 0 radical (unpaired) electrons. The SMILES string of the molecule is COc1cc(/C=C/c2cc(O)cc(OC)c2CC=C(C)C)ccc1OCc1ccccc1. The molecule has 166 valence electrons. The fourth-order valence-electron chi connectivity index (χ4n) is 3.34. The number of aromatic hydroxyl groups is 1. The van der Waals surface area contributed by atoms with E-state index in [1.54, 1.807) is 26.4 Å². The van der Waals surface area contributed by atoms with Gasteiger partial charge in [0.05, 0.1) is 14.2 Å². The highest BCUT2D eigenvalue weighted by atomic mass is 16.5. The number of phenolic OH excluding ortho intramolecular Hbond substituents is 1. The fourth-order valence-corrected chi connectivity index (χ4v) is 3.34. The number of methoxy groups -OCH3 is 2. The van der Waals surface area contributed by atoms with Gasteiger partial charge in [0.2, 0.25) is 0 Å². The average molecular weight is 431 g/mol. The first-order valence-electron chi connectivity index (χ1n) is 10.6. The van der Waals surface area contributed by atoms with Crippen LogP contribution >= 0.6 is 0 Å². The minimum atomic E-state index is 0.171. The predicted molar refractivity (Wildman–Crippen MR) is 130 cm³/mol. The normalized spacial score (nSPS) is 10.8. The maximum Gasteiger partial charge on any atom is 0.161 e. The second-order valence-corrected chi connectivity index (χ2v) is 7.72. The molecule has 3 aromatic rings. The molecule has 3 aromatic carbocycles. The van der Waals surface area contributed by atoms with Gasteiger partial charge in [0, 0.05) is 11.6 Å². The molecule has 0 heterocycles. The Balaban J connectivity index is 1.84. The zero-order chi connectivity index (χ0) is 22.9. The molecule has 4 heteroatoms. The lowest BCUT2D eigenvalue weighted by Crippen LogP contribution is -1.97. The first-order valence-corrected chi connectivity index (χ1v) is 10.6. The summed E-state index contributed by atoms with van der Waals surface area (Å²) < 4.78 is 17.0. The molecule has 0 aliphatic heterocycles. The molecule has 1 N–H and O–H groups in total. The van der Waals surface area contributed by atoms with Crippen LogP contribution in [0, 0.1) is 0 Å². The van der Waals surface area contributed by atoms with Crippen LogP contribution in [0.15, 0.2) is 72.3 Å². The van der Waals surface area contributed by atoms with Crippen molar-refractivity contribution in [3.05, 3.63) is 94.6 Å². The van der Waals surface area contributed by atoms with Crippen molar-refractivity contribution in [2.24, 2.45) is 0 Å². The number of benzene rings is 3. The van der Waals surface area contributed by atoms with E-state index in [2.05, 4.69) is 19.9 Å². The molecule has 0 fully saturated rings. The van der Waals surface area contributed by atoms with Crippen LogP contribution in [0.1, 0.15) is 36.1 Å². The van der Waals surface area contributed by atoms with Crippen LogP contribution in [0.3, 0.4) is 0 Å². The van der Waals surface area contributed by atoms with E-state index in [0.29, 0.717) is 23.9 Å². The first-order chi connectivity index (χ1) is 15.5. The zero-order valence-corrected chi connectivity index (χ0v) is 19.1. The topological polar surface area (TPSA) is 47.9 Å². The molecular formula is C28H30O4. The Morgan fingerprint density at radius 3 is 2.28 bits per heavy atom. The van der Waals surface area contributed by atoms with Crippen LogP contribution in [-0.2, 0) is 13.0 Å². The van der Waals surface area contributed by atoms with Crippen molar-refractivity contribution in [1.82, 2.24) is 0 Å². The Kier molecular flexibility index (Phi) is 7.98. The van der Waals surface area contributed by atoms with E-state index in [1.165, 1.54) is 5.57 Å². The van der Waals surface area contributed by atoms with Crippen LogP contribution < -0.4 is 14.2 Å². The molecule has 0 saturated carbocycles. The number of phenols is 1. The van der Waals surface area contributed by atoms with Crippen molar-refractivity contribution in [3.8, 4) is 23.0 Å². The molecule has 0 saturated heterocycles. The van der Waals surface area contributed by atoms with E-state index in [9.17, 15) is 5.11 Å². The van der Waals surface area contributed by atoms with Gasteiger partial charge in [-0.1, -0.05) is 60.2 Å². The van der Waals surface area contributed by atoms with Crippen molar-refractivity contribution < 1.29 is 19.3 Å². The Bertz CT molecular complexity index is 1090. The van der Waals surface area contributed by atoms with Crippen molar-refractivity contribution in [2.75, 3.05) is 14.2 Å². The lowest BCUT2D eigenvalue weighted by Gasteiger charge is -2.13. The van der Waals surface area contributed by atoms with Crippen LogP contribution in [-0.4, -0.2) is 19.3 Å². The summed E-state index contributed by atoms with van der Waals surface area (Å²) >= 11 is 0. The van der Waals surface area contributed by atoms with Crippen molar-refractivity contribution in [2.45, 2.75) is 26.9 Å². The van der Waals surface area contributed by atoms with E-state index in [-0.39, 0.29) is 5.75 Å². The highest BCUT2D eigenvalue weighted by molar-refractivity contribution is 5.74. The van der Waals surface area contributed by atoms with Gasteiger partial charge < -0.3 is 19.3 Å². The third-order valence-electron chi connectivity index (χ3n) is 5.04. The first kappa shape index (κ1) is 23.0. The van der Waals surface area contributed by atoms with E-state index in [1.807, 2.05) is 60.7 Å². The van der Waals surface area contributed by atoms with E-state index < -0.39 is 0 Å². The standard InChI is InChI=1S/C28H30O4/c1-20(2)10-14-25-23(17-24(29)18-27(25)30-3)13-11-21-12-15-26(28(16-21)31-4)32-19-22-8-6-5-7-9-22/h5-13,15-18,29H,14,19H2,1-4H3/b13-11+. The summed E-state index contributed by atoms with van der Waals surface area (Å²) in [5, 5.41) is 10.1. The molecule has 0 aliphatic rings. The Labute approximate surface area is 190 Å². The van der Waals surface area contributed by atoms with Gasteiger partial charge in [-0.15, -0.1) is 0 Å². The van der Waals surface area contributed by atoms with E-state index in [4.69, 9.17) is 14.2 Å². The van der Waals surface area contributed by atoms with E-state index >= 15 is 0 Å². The lowest BCUT2D eigenvalue weighted by molar-refractivity contribution is 0.284. The number of rotatable bonds is 9. The fraction of sp³-hybridized carbons (Fsp3) is 0.214. The van der Waals surface area contributed by atoms with Gasteiger partial charge in [0.25, 0.3) is 0 Å². The third-order valence-corrected chi connectivity index (χ3v) is 5.04. The molecule has 0 atom stereocenters. The van der Waals surface area contributed by atoms with Gasteiger partial charge in [-0.25, -0.2) is 0 Å². The number of ether oxygens (including phenoxy) is 3. The number of hydrogen-bond acceptors (Lipinski definition) is 4. The molecule has 0 spiro atoms. The van der Waals surface area contributed by atoms with Gasteiger partial charge in [-0.2, -0.15) is 0 Å². The monoisotopic (exact) mass is 430 g/mol. The van der Waals surface area contributed by atoms with Crippen molar-refractivity contribution >= 4 is 12.2 Å². The van der Waals surface area contributed by atoms with Crippen molar-refractivity contribution in [3.63, 3.8) is 0 Å². The number of allylic oxidation sites excluding steroid dienone is 2. The van der Waals surface area contributed by atoms with E-state index in [0.717, 1.165) is 28.7 Å². The molecule has 32 heavy (non-hydrogen) atoms. The summed E-state index contributed by atoms with van der Waals surface area (Å²) in [7, 11) is 3.25. The summed E-state index contributed by atoms with van der Waals surface area (Å²) in [5.74, 6) is 2.20. The van der Waals surface area contributed by atoms with Gasteiger partial charge >= 0.3 is 0 Å². The second kappa shape index (κ2) is 11.1. The Morgan fingerprint density at radius 1 is 0.844 bits per heavy atom. The number of hydrogen-bond donors (Lipinski definition) is 1. The second-order valence-electron chi connectivity index (χ2n) is 7.72. The smallest absolute Gasteiger partial charge is 0.161 e. The molecular weight excluding hydrogens is 400 g/mol. The summed E-state index contributed by atoms with van der Waals surface area (Å²) in [5.41, 5.74) is 5.22. The molecule has 4 nitrogen and oxygen atoms in total. The minimum absolute atomic E-state index is 0.171. The lowest BCUT2D eigenvalue weighted by atomic mass is 10.00. The minimum Gasteiger partial charge on any atom is -0.508 e. The zero-order valence-electron chi connectivity index (χ0n) is 19.1. The van der Waals surface area contributed by atoms with Crippen LogP contribution in [0.25, 0.3) is 12.2 Å². The Hall–Kier alpha value is -3.66. The van der Waals surface area contributed by atoms with Gasteiger partial charge in [-0.3, -0.25) is 0 Å². The summed E-state index contributed by atoms with van der Waals surface area (Å²) in [4.78, 5) is 0. The third kappa shape index (κ3) is 6.17. The summed E-state index contributed by atoms with van der Waals surface area (Å²) in [6.07, 6.45) is 6.84. The average Bonchev–Trinajstić information content (AvgIpc) is 2.80. The molecule has 0 unspecified atom stereocenters. The van der Waals surface area contributed by atoms with Gasteiger partial charge in [-0.05, 0) is 55.2 Å². The van der Waals surface area contributed by atoms with Gasteiger partial charge in [0.1, 0.15) is 18.1 Å².